The van der Waals surface area contributed by atoms with Crippen molar-refractivity contribution in [3.05, 3.63) is 24.3 Å². The normalized spacial score (nSPS) is 32.6. The fourth-order valence-electron chi connectivity index (χ4n) is 1.74. The zero-order valence-corrected chi connectivity index (χ0v) is 9.06. The fourth-order valence-corrected chi connectivity index (χ4v) is 1.74. The first-order chi connectivity index (χ1) is 8.11. The van der Waals surface area contributed by atoms with Gasteiger partial charge >= 0.3 is 0 Å². The van der Waals surface area contributed by atoms with Crippen molar-refractivity contribution >= 4 is 5.69 Å². The van der Waals surface area contributed by atoms with Crippen LogP contribution < -0.4 is 10.5 Å². The lowest BCUT2D eigenvalue weighted by Gasteiger charge is -2.19. The Kier molecular flexibility index (Phi) is 3.49. The number of benzene rings is 1. The lowest BCUT2D eigenvalue weighted by atomic mass is 10.1. The van der Waals surface area contributed by atoms with Crippen molar-refractivity contribution in [2.45, 2.75) is 24.6 Å². The van der Waals surface area contributed by atoms with Gasteiger partial charge in [0.25, 0.3) is 0 Å². The van der Waals surface area contributed by atoms with Crippen molar-refractivity contribution in [1.82, 2.24) is 0 Å². The minimum Gasteiger partial charge on any atom is -0.482 e. The first-order valence-electron chi connectivity index (χ1n) is 5.26. The second-order valence-corrected chi connectivity index (χ2v) is 3.89. The van der Waals surface area contributed by atoms with E-state index in [1.54, 1.807) is 24.3 Å². The second-order valence-electron chi connectivity index (χ2n) is 3.89. The van der Waals surface area contributed by atoms with Crippen LogP contribution in [0.1, 0.15) is 0 Å². The van der Waals surface area contributed by atoms with Gasteiger partial charge in [0.05, 0.1) is 6.61 Å². The molecule has 0 spiro atoms. The molecule has 6 heteroatoms. The van der Waals surface area contributed by atoms with Crippen molar-refractivity contribution in [3.8, 4) is 5.75 Å². The zero-order chi connectivity index (χ0) is 12.4. The molecule has 1 aliphatic rings. The molecule has 1 aliphatic heterocycles. The van der Waals surface area contributed by atoms with Crippen molar-refractivity contribution < 1.29 is 24.8 Å². The maximum absolute atomic E-state index is 9.75. The van der Waals surface area contributed by atoms with Gasteiger partial charge in [-0.15, -0.1) is 0 Å². The molecule has 17 heavy (non-hydrogen) atoms. The Morgan fingerprint density at radius 1 is 1.35 bits per heavy atom. The third kappa shape index (κ3) is 2.50. The van der Waals surface area contributed by atoms with Gasteiger partial charge in [-0.25, -0.2) is 0 Å². The van der Waals surface area contributed by atoms with Crippen molar-refractivity contribution in [2.24, 2.45) is 0 Å². The molecule has 0 aromatic heterocycles. The van der Waals surface area contributed by atoms with E-state index < -0.39 is 24.6 Å². The summed E-state index contributed by atoms with van der Waals surface area (Å²) in [5.74, 6) is 0.426. The number of hydrogen-bond acceptors (Lipinski definition) is 6. The van der Waals surface area contributed by atoms with E-state index in [4.69, 9.17) is 20.3 Å². The van der Waals surface area contributed by atoms with Crippen LogP contribution in [0.15, 0.2) is 24.3 Å². The first-order valence-corrected chi connectivity index (χ1v) is 5.26. The largest absolute Gasteiger partial charge is 0.482 e. The van der Waals surface area contributed by atoms with Gasteiger partial charge in [0.1, 0.15) is 18.0 Å². The molecular weight excluding hydrogens is 226 g/mol. The molecular formula is C11H15NO5. The molecule has 1 heterocycles. The average Bonchev–Trinajstić information content (AvgIpc) is 2.56. The molecule has 6 nitrogen and oxygen atoms in total. The maximum atomic E-state index is 9.75. The van der Waals surface area contributed by atoms with E-state index in [9.17, 15) is 10.2 Å². The van der Waals surface area contributed by atoms with E-state index in [0.29, 0.717) is 11.4 Å². The Morgan fingerprint density at radius 2 is 2.12 bits per heavy atom. The molecule has 0 aliphatic carbocycles. The highest BCUT2D eigenvalue weighted by Gasteiger charge is 2.44. The van der Waals surface area contributed by atoms with Crippen LogP contribution >= 0.6 is 0 Å². The van der Waals surface area contributed by atoms with E-state index >= 15 is 0 Å². The minimum absolute atomic E-state index is 0.380. The lowest BCUT2D eigenvalue weighted by Crippen LogP contribution is -2.38. The molecule has 94 valence electrons. The van der Waals surface area contributed by atoms with Crippen LogP contribution in [0.25, 0.3) is 0 Å². The number of rotatable bonds is 3. The highest BCUT2D eigenvalue weighted by Crippen LogP contribution is 2.25. The van der Waals surface area contributed by atoms with Crippen LogP contribution in [0.3, 0.4) is 0 Å². The van der Waals surface area contributed by atoms with Gasteiger partial charge in [0, 0.05) is 11.8 Å². The van der Waals surface area contributed by atoms with Gasteiger partial charge in [-0.3, -0.25) is 0 Å². The smallest absolute Gasteiger partial charge is 0.195 e. The van der Waals surface area contributed by atoms with E-state index in [1.807, 2.05) is 0 Å². The van der Waals surface area contributed by atoms with Crippen LogP contribution in [-0.2, 0) is 4.74 Å². The SMILES string of the molecule is Nc1cccc(O[C@@H]2[C@H](O)[C@@H](CO)O[C@H]2O)c1. The summed E-state index contributed by atoms with van der Waals surface area (Å²) in [6.07, 6.45) is -4.13. The molecule has 1 saturated heterocycles. The average molecular weight is 241 g/mol. The lowest BCUT2D eigenvalue weighted by molar-refractivity contribution is -0.128. The summed E-state index contributed by atoms with van der Waals surface area (Å²) >= 11 is 0. The molecule has 2 rings (SSSR count). The van der Waals surface area contributed by atoms with Gasteiger partial charge < -0.3 is 30.5 Å². The van der Waals surface area contributed by atoms with Crippen molar-refractivity contribution in [1.29, 1.82) is 0 Å². The topological polar surface area (TPSA) is 105 Å². The molecule has 1 aromatic carbocycles. The van der Waals surface area contributed by atoms with Crippen LogP contribution in [0.5, 0.6) is 5.75 Å². The number of aliphatic hydroxyl groups excluding tert-OH is 3. The van der Waals surface area contributed by atoms with E-state index in [-0.39, 0.29) is 6.61 Å². The number of nitrogens with two attached hydrogens (primary N) is 1. The van der Waals surface area contributed by atoms with Crippen LogP contribution in [-0.4, -0.2) is 46.5 Å². The van der Waals surface area contributed by atoms with Gasteiger partial charge in [0.2, 0.25) is 0 Å². The molecule has 1 aromatic rings. The molecule has 0 saturated carbocycles. The van der Waals surface area contributed by atoms with E-state index in [2.05, 4.69) is 0 Å². The van der Waals surface area contributed by atoms with Crippen LogP contribution in [0, 0.1) is 0 Å². The summed E-state index contributed by atoms with van der Waals surface area (Å²) in [7, 11) is 0. The summed E-state index contributed by atoms with van der Waals surface area (Å²) < 4.78 is 10.3. The summed E-state index contributed by atoms with van der Waals surface area (Å²) in [4.78, 5) is 0. The number of aliphatic hydroxyl groups is 3. The second kappa shape index (κ2) is 4.89. The third-order valence-electron chi connectivity index (χ3n) is 2.62. The fraction of sp³-hybridized carbons (Fsp3) is 0.455. The summed E-state index contributed by atoms with van der Waals surface area (Å²) in [6, 6.07) is 6.62. The van der Waals surface area contributed by atoms with Gasteiger partial charge in [-0.1, -0.05) is 6.07 Å². The quantitative estimate of drug-likeness (QED) is 0.510. The Bertz CT molecular complexity index is 386. The van der Waals surface area contributed by atoms with Crippen LogP contribution in [0.2, 0.25) is 0 Å². The van der Waals surface area contributed by atoms with Crippen molar-refractivity contribution in [2.75, 3.05) is 12.3 Å². The molecule has 0 unspecified atom stereocenters. The summed E-state index contributed by atoms with van der Waals surface area (Å²) in [5.41, 5.74) is 6.10. The van der Waals surface area contributed by atoms with Gasteiger partial charge in [-0.2, -0.15) is 0 Å². The van der Waals surface area contributed by atoms with Crippen LogP contribution in [0.4, 0.5) is 5.69 Å². The molecule has 0 bridgehead atoms. The zero-order valence-electron chi connectivity index (χ0n) is 9.06. The molecule has 1 fully saturated rings. The minimum atomic E-state index is -1.27. The molecule has 0 radical (unpaired) electrons. The molecule has 0 amide bonds. The predicted octanol–water partition coefficient (Wildman–Crippen LogP) is -0.913. The van der Waals surface area contributed by atoms with Crippen molar-refractivity contribution in [3.63, 3.8) is 0 Å². The summed E-state index contributed by atoms with van der Waals surface area (Å²) in [5, 5.41) is 28.2. The summed E-state index contributed by atoms with van der Waals surface area (Å²) in [6.45, 7) is -0.380. The third-order valence-corrected chi connectivity index (χ3v) is 2.62. The number of ether oxygens (including phenoxy) is 2. The Labute approximate surface area is 98.2 Å². The van der Waals surface area contributed by atoms with Gasteiger partial charge in [0.15, 0.2) is 12.4 Å². The van der Waals surface area contributed by atoms with E-state index in [1.165, 1.54) is 0 Å². The predicted molar refractivity (Wildman–Crippen MR) is 59.2 cm³/mol. The van der Waals surface area contributed by atoms with Gasteiger partial charge in [-0.05, 0) is 12.1 Å². The Balaban J connectivity index is 2.08. The highest BCUT2D eigenvalue weighted by atomic mass is 16.7. The van der Waals surface area contributed by atoms with E-state index in [0.717, 1.165) is 0 Å². The Hall–Kier alpha value is -1.34. The number of nitrogen functional groups attached to an aromatic ring is 1. The molecule has 5 N–H and O–H groups in total. The number of anilines is 1. The standard InChI is InChI=1S/C11H15NO5/c12-6-2-1-3-7(4-6)16-10-9(14)8(5-13)17-11(10)15/h1-4,8-11,13-15H,5,12H2/t8-,9-,10-,11-/m1/s1. The Morgan fingerprint density at radius 3 is 2.71 bits per heavy atom. The number of hydrogen-bond donors (Lipinski definition) is 4. The monoisotopic (exact) mass is 241 g/mol. The maximum Gasteiger partial charge on any atom is 0.195 e. The highest BCUT2D eigenvalue weighted by molar-refractivity contribution is 5.43. The molecule has 4 atom stereocenters. The first kappa shape index (κ1) is 12.1.